The standard InChI is InChI=1S/C20H21N7O.H2/c1-2-13-3-25-20(26-4-13)27-9-15-16(10-27)17(15)11-28-19-8-23-18(7-24-19)14-5-21-12-22-6-14;/h3-8,12,15-17H,2,9-11H2,1H3;1H/t15-,16?,17?;/m1./s1. The Labute approximate surface area is 164 Å². The number of hydrogen-bond acceptors (Lipinski definition) is 8. The fourth-order valence-corrected chi connectivity index (χ4v) is 3.91. The molecule has 0 N–H and O–H groups in total. The van der Waals surface area contributed by atoms with Crippen LogP contribution >= 0.6 is 0 Å². The molecule has 2 aliphatic rings. The fraction of sp³-hybridized carbons (Fsp3) is 0.400. The quantitative estimate of drug-likeness (QED) is 0.646. The third-order valence-corrected chi connectivity index (χ3v) is 5.66. The Morgan fingerprint density at radius 1 is 0.964 bits per heavy atom. The summed E-state index contributed by atoms with van der Waals surface area (Å²) >= 11 is 0. The van der Waals surface area contributed by atoms with E-state index in [1.165, 1.54) is 11.9 Å². The number of aryl methyl sites for hydroxylation is 1. The van der Waals surface area contributed by atoms with E-state index in [2.05, 4.69) is 41.7 Å². The number of anilines is 1. The summed E-state index contributed by atoms with van der Waals surface area (Å²) in [6.07, 6.45) is 13.1. The second kappa shape index (κ2) is 7.10. The number of piperidine rings is 1. The van der Waals surface area contributed by atoms with E-state index in [9.17, 15) is 0 Å². The number of fused-ring (bicyclic) bond motifs is 1. The van der Waals surface area contributed by atoms with Crippen LogP contribution in [0.2, 0.25) is 0 Å². The van der Waals surface area contributed by atoms with Gasteiger partial charge in [-0.05, 0) is 23.8 Å². The average Bonchev–Trinajstić information content (AvgIpc) is 3.22. The summed E-state index contributed by atoms with van der Waals surface area (Å²) in [6.45, 7) is 4.80. The second-order valence-corrected chi connectivity index (χ2v) is 7.32. The van der Waals surface area contributed by atoms with Crippen LogP contribution in [0.4, 0.5) is 5.95 Å². The van der Waals surface area contributed by atoms with E-state index in [4.69, 9.17) is 4.74 Å². The van der Waals surface area contributed by atoms with Crippen LogP contribution in [0.3, 0.4) is 0 Å². The van der Waals surface area contributed by atoms with Crippen LogP contribution < -0.4 is 9.64 Å². The monoisotopic (exact) mass is 377 g/mol. The van der Waals surface area contributed by atoms with Crippen LogP contribution in [-0.4, -0.2) is 49.6 Å². The van der Waals surface area contributed by atoms with Gasteiger partial charge in [-0.15, -0.1) is 0 Å². The van der Waals surface area contributed by atoms with Crippen molar-refractivity contribution in [1.29, 1.82) is 0 Å². The molecule has 1 aliphatic heterocycles. The molecular weight excluding hydrogens is 354 g/mol. The molecule has 8 heteroatoms. The maximum Gasteiger partial charge on any atom is 0.232 e. The largest absolute Gasteiger partial charge is 0.476 e. The molecule has 1 saturated heterocycles. The first kappa shape index (κ1) is 17.0. The maximum absolute atomic E-state index is 5.87. The van der Waals surface area contributed by atoms with Crippen LogP contribution in [0, 0.1) is 17.8 Å². The SMILES string of the molecule is CCc1cnc(N2CC3C(COc4cnc(-c5cncnc5)cn4)[C@@H]3C2)nc1.[HH]. The molecule has 0 radical (unpaired) electrons. The van der Waals surface area contributed by atoms with Gasteiger partial charge in [-0.1, -0.05) is 6.92 Å². The van der Waals surface area contributed by atoms with Crippen molar-refractivity contribution in [2.75, 3.05) is 24.6 Å². The van der Waals surface area contributed by atoms with Gasteiger partial charge >= 0.3 is 0 Å². The van der Waals surface area contributed by atoms with Gasteiger partial charge in [-0.3, -0.25) is 0 Å². The molecule has 2 fully saturated rings. The Morgan fingerprint density at radius 3 is 2.36 bits per heavy atom. The highest BCUT2D eigenvalue weighted by Gasteiger charge is 2.56. The highest BCUT2D eigenvalue weighted by atomic mass is 16.5. The zero-order valence-electron chi connectivity index (χ0n) is 15.6. The molecule has 1 saturated carbocycles. The second-order valence-electron chi connectivity index (χ2n) is 7.32. The molecule has 2 unspecified atom stereocenters. The molecule has 5 rings (SSSR count). The van der Waals surface area contributed by atoms with E-state index >= 15 is 0 Å². The lowest BCUT2D eigenvalue weighted by Gasteiger charge is -2.19. The van der Waals surface area contributed by atoms with Crippen molar-refractivity contribution >= 4 is 5.95 Å². The van der Waals surface area contributed by atoms with Crippen molar-refractivity contribution in [3.05, 3.63) is 49.1 Å². The molecule has 144 valence electrons. The summed E-state index contributed by atoms with van der Waals surface area (Å²) in [7, 11) is 0. The molecule has 4 heterocycles. The van der Waals surface area contributed by atoms with Crippen LogP contribution in [0.5, 0.6) is 5.88 Å². The maximum atomic E-state index is 5.87. The van der Waals surface area contributed by atoms with E-state index in [1.54, 1.807) is 24.8 Å². The van der Waals surface area contributed by atoms with Crippen molar-refractivity contribution in [3.8, 4) is 17.1 Å². The molecule has 0 aromatic carbocycles. The van der Waals surface area contributed by atoms with Gasteiger partial charge in [-0.25, -0.2) is 29.9 Å². The van der Waals surface area contributed by atoms with Crippen molar-refractivity contribution in [2.24, 2.45) is 17.8 Å². The topological polar surface area (TPSA) is 89.8 Å². The Balaban J connectivity index is 0.00000205. The third-order valence-electron chi connectivity index (χ3n) is 5.66. The van der Waals surface area contributed by atoms with Gasteiger partial charge in [0.25, 0.3) is 0 Å². The highest BCUT2D eigenvalue weighted by Crippen LogP contribution is 2.52. The lowest BCUT2D eigenvalue weighted by atomic mass is 10.2. The summed E-state index contributed by atoms with van der Waals surface area (Å²) in [5, 5.41) is 0. The van der Waals surface area contributed by atoms with Gasteiger partial charge < -0.3 is 9.64 Å². The van der Waals surface area contributed by atoms with Crippen molar-refractivity contribution in [2.45, 2.75) is 13.3 Å². The molecule has 3 aromatic rings. The number of nitrogens with zero attached hydrogens (tertiary/aromatic N) is 7. The van der Waals surface area contributed by atoms with Crippen molar-refractivity contribution < 1.29 is 6.16 Å². The summed E-state index contributed by atoms with van der Waals surface area (Å²) < 4.78 is 5.87. The Morgan fingerprint density at radius 2 is 1.71 bits per heavy atom. The minimum absolute atomic E-state index is 0. The van der Waals surface area contributed by atoms with Gasteiger partial charge in [0.1, 0.15) is 6.33 Å². The molecule has 0 bridgehead atoms. The smallest absolute Gasteiger partial charge is 0.232 e. The predicted molar refractivity (Wildman–Crippen MR) is 105 cm³/mol. The average molecular weight is 377 g/mol. The van der Waals surface area contributed by atoms with Crippen LogP contribution in [0.25, 0.3) is 11.3 Å². The summed E-state index contributed by atoms with van der Waals surface area (Å²) in [5.41, 5.74) is 2.75. The first-order valence-electron chi connectivity index (χ1n) is 9.58. The van der Waals surface area contributed by atoms with Crippen molar-refractivity contribution in [1.82, 2.24) is 29.9 Å². The molecular formula is C20H23N7O. The molecule has 0 spiro atoms. The van der Waals surface area contributed by atoms with E-state index < -0.39 is 0 Å². The van der Waals surface area contributed by atoms with Gasteiger partial charge in [0, 0.05) is 50.8 Å². The van der Waals surface area contributed by atoms with Gasteiger partial charge in [0.05, 0.1) is 24.7 Å². The molecule has 3 aromatic heterocycles. The summed E-state index contributed by atoms with van der Waals surface area (Å²) in [6, 6.07) is 0. The lowest BCUT2D eigenvalue weighted by molar-refractivity contribution is 0.271. The molecule has 0 amide bonds. The normalized spacial score (nSPS) is 22.8. The zero-order chi connectivity index (χ0) is 18.9. The van der Waals surface area contributed by atoms with Crippen LogP contribution in [0.1, 0.15) is 13.9 Å². The Bertz CT molecular complexity index is 927. The number of rotatable bonds is 6. The minimum Gasteiger partial charge on any atom is -0.476 e. The molecule has 8 nitrogen and oxygen atoms in total. The van der Waals surface area contributed by atoms with Gasteiger partial charge in [0.15, 0.2) is 0 Å². The van der Waals surface area contributed by atoms with E-state index in [0.29, 0.717) is 30.2 Å². The number of aromatic nitrogens is 6. The van der Waals surface area contributed by atoms with Crippen LogP contribution in [0.15, 0.2) is 43.5 Å². The van der Waals surface area contributed by atoms with Crippen molar-refractivity contribution in [3.63, 3.8) is 0 Å². The zero-order valence-corrected chi connectivity index (χ0v) is 15.6. The molecule has 28 heavy (non-hydrogen) atoms. The third kappa shape index (κ3) is 3.26. The number of ether oxygens (including phenoxy) is 1. The van der Waals surface area contributed by atoms with Gasteiger partial charge in [0.2, 0.25) is 11.8 Å². The van der Waals surface area contributed by atoms with Crippen LogP contribution in [-0.2, 0) is 6.42 Å². The van der Waals surface area contributed by atoms with Gasteiger partial charge in [-0.2, -0.15) is 0 Å². The highest BCUT2D eigenvalue weighted by molar-refractivity contribution is 5.55. The van der Waals surface area contributed by atoms with E-state index in [0.717, 1.165) is 36.7 Å². The Kier molecular flexibility index (Phi) is 4.31. The number of hydrogen-bond donors (Lipinski definition) is 0. The first-order valence-corrected chi connectivity index (χ1v) is 9.58. The Hall–Kier alpha value is -3.16. The summed E-state index contributed by atoms with van der Waals surface area (Å²) in [4.78, 5) is 28.0. The summed E-state index contributed by atoms with van der Waals surface area (Å²) in [5.74, 6) is 3.29. The van der Waals surface area contributed by atoms with E-state index in [-0.39, 0.29) is 1.43 Å². The fourth-order valence-electron chi connectivity index (χ4n) is 3.91. The lowest BCUT2D eigenvalue weighted by Crippen LogP contribution is -2.27. The minimum atomic E-state index is 0. The predicted octanol–water partition coefficient (Wildman–Crippen LogP) is 2.29. The first-order chi connectivity index (χ1) is 13.8. The molecule has 1 aliphatic carbocycles. The molecule has 3 atom stereocenters. The van der Waals surface area contributed by atoms with E-state index in [1.807, 2.05) is 12.4 Å².